The monoisotopic (exact) mass is 389 g/mol. The van der Waals surface area contributed by atoms with Crippen LogP contribution in [0.5, 0.6) is 0 Å². The molecule has 4 heterocycles. The van der Waals surface area contributed by atoms with E-state index in [0.717, 1.165) is 18.9 Å². The highest BCUT2D eigenvalue weighted by Crippen LogP contribution is 2.65. The Morgan fingerprint density at radius 1 is 1.04 bits per heavy atom. The van der Waals surface area contributed by atoms with Gasteiger partial charge >= 0.3 is 0 Å². The molecule has 0 aromatic carbocycles. The molecule has 1 spiro atoms. The molecule has 3 fully saturated rings. The fourth-order valence-corrected chi connectivity index (χ4v) is 4.00. The molecule has 0 bridgehead atoms. The Balaban J connectivity index is 1.50. The molecule has 0 amide bonds. The quantitative estimate of drug-likeness (QED) is 0.846. The number of alkyl halides is 2. The molecular weight excluding hydrogens is 368 g/mol. The van der Waals surface area contributed by atoms with Crippen molar-refractivity contribution in [1.29, 1.82) is 0 Å². The number of hydrogen-bond acceptors (Lipinski definition) is 8. The molecule has 28 heavy (non-hydrogen) atoms. The van der Waals surface area contributed by atoms with Crippen LogP contribution in [0, 0.1) is 5.41 Å². The summed E-state index contributed by atoms with van der Waals surface area (Å²) in [5.41, 5.74) is 6.03. The highest BCUT2D eigenvalue weighted by atomic mass is 19.3. The third-order valence-electron chi connectivity index (χ3n) is 5.85. The second-order valence-electron chi connectivity index (χ2n) is 7.67. The van der Waals surface area contributed by atoms with Crippen LogP contribution in [0.4, 0.5) is 26.5 Å². The SMILES string of the molecule is Nc1ncc(-c2cc(N3CCOCC3)nc(N3CCC4(C3)CC4(F)F)n2)cn1. The summed E-state index contributed by atoms with van der Waals surface area (Å²) in [6.45, 7) is 3.49. The summed E-state index contributed by atoms with van der Waals surface area (Å²) in [5, 5.41) is 0. The normalized spacial score (nSPS) is 26.1. The van der Waals surface area contributed by atoms with Gasteiger partial charge in [0.05, 0.1) is 24.3 Å². The van der Waals surface area contributed by atoms with Gasteiger partial charge in [0, 0.05) is 56.6 Å². The fraction of sp³-hybridized carbons (Fsp3) is 0.556. The Hall–Kier alpha value is -2.62. The molecule has 8 nitrogen and oxygen atoms in total. The van der Waals surface area contributed by atoms with E-state index in [1.807, 2.05) is 11.0 Å². The van der Waals surface area contributed by atoms with Crippen molar-refractivity contribution < 1.29 is 13.5 Å². The first-order valence-corrected chi connectivity index (χ1v) is 9.38. The maximum atomic E-state index is 13.8. The zero-order valence-electron chi connectivity index (χ0n) is 15.3. The molecule has 0 radical (unpaired) electrons. The topological polar surface area (TPSA) is 93.3 Å². The fourth-order valence-electron chi connectivity index (χ4n) is 4.00. The van der Waals surface area contributed by atoms with E-state index in [2.05, 4.69) is 19.9 Å². The minimum atomic E-state index is -2.57. The van der Waals surface area contributed by atoms with E-state index < -0.39 is 11.3 Å². The number of morpholine rings is 1. The van der Waals surface area contributed by atoms with Crippen molar-refractivity contribution in [3.63, 3.8) is 0 Å². The number of nitrogens with two attached hydrogens (primary N) is 1. The van der Waals surface area contributed by atoms with Crippen molar-refractivity contribution in [1.82, 2.24) is 19.9 Å². The summed E-state index contributed by atoms with van der Waals surface area (Å²) < 4.78 is 33.1. The number of nitrogens with zero attached hydrogens (tertiary/aromatic N) is 6. The first-order chi connectivity index (χ1) is 13.5. The second kappa shape index (κ2) is 6.20. The van der Waals surface area contributed by atoms with Crippen LogP contribution in [-0.2, 0) is 4.74 Å². The van der Waals surface area contributed by atoms with Gasteiger partial charge in [-0.05, 0) is 6.42 Å². The maximum Gasteiger partial charge on any atom is 0.256 e. The predicted octanol–water partition coefficient (Wildman–Crippen LogP) is 1.59. The molecule has 148 valence electrons. The lowest BCUT2D eigenvalue weighted by Crippen LogP contribution is -2.37. The summed E-state index contributed by atoms with van der Waals surface area (Å²) in [6, 6.07) is 1.88. The van der Waals surface area contributed by atoms with Crippen LogP contribution in [-0.4, -0.2) is 65.3 Å². The number of halogens is 2. The van der Waals surface area contributed by atoms with Gasteiger partial charge in [-0.15, -0.1) is 0 Å². The highest BCUT2D eigenvalue weighted by molar-refractivity contribution is 5.64. The molecule has 1 saturated carbocycles. The van der Waals surface area contributed by atoms with Gasteiger partial charge in [-0.2, -0.15) is 4.98 Å². The molecule has 2 N–H and O–H groups in total. The van der Waals surface area contributed by atoms with E-state index in [9.17, 15) is 8.78 Å². The van der Waals surface area contributed by atoms with Gasteiger partial charge in [-0.25, -0.2) is 23.7 Å². The Morgan fingerprint density at radius 2 is 1.75 bits per heavy atom. The highest BCUT2D eigenvalue weighted by Gasteiger charge is 2.72. The standard InChI is InChI=1S/C18H21F2N7O/c19-18(20)10-17(18)1-2-27(11-17)16-24-13(12-8-22-15(21)23-9-12)7-14(25-16)26-3-5-28-6-4-26/h7-9H,1-6,10-11H2,(H2,21,22,23). The van der Waals surface area contributed by atoms with Crippen molar-refractivity contribution >= 4 is 17.7 Å². The molecule has 5 rings (SSSR count). The van der Waals surface area contributed by atoms with Crippen LogP contribution >= 0.6 is 0 Å². The van der Waals surface area contributed by atoms with Gasteiger partial charge in [0.25, 0.3) is 5.92 Å². The zero-order chi connectivity index (χ0) is 19.4. The first kappa shape index (κ1) is 17.5. The Bertz CT molecular complexity index is 888. The molecule has 1 unspecified atom stereocenters. The number of anilines is 3. The minimum Gasteiger partial charge on any atom is -0.378 e. The molecule has 3 aliphatic rings. The van der Waals surface area contributed by atoms with Crippen molar-refractivity contribution in [2.45, 2.75) is 18.8 Å². The van der Waals surface area contributed by atoms with Gasteiger partial charge in [-0.3, -0.25) is 0 Å². The van der Waals surface area contributed by atoms with Crippen LogP contribution in [0.15, 0.2) is 18.5 Å². The third kappa shape index (κ3) is 2.92. The van der Waals surface area contributed by atoms with Crippen LogP contribution in [0.1, 0.15) is 12.8 Å². The van der Waals surface area contributed by atoms with E-state index in [1.165, 1.54) is 0 Å². The van der Waals surface area contributed by atoms with Crippen LogP contribution in [0.3, 0.4) is 0 Å². The number of ether oxygens (including phenoxy) is 1. The second-order valence-corrected chi connectivity index (χ2v) is 7.67. The van der Waals surface area contributed by atoms with Gasteiger partial charge in [-0.1, -0.05) is 0 Å². The molecule has 2 aliphatic heterocycles. The molecule has 1 atom stereocenters. The van der Waals surface area contributed by atoms with Gasteiger partial charge in [0.2, 0.25) is 11.9 Å². The Kier molecular flexibility index (Phi) is 3.87. The first-order valence-electron chi connectivity index (χ1n) is 9.38. The largest absolute Gasteiger partial charge is 0.378 e. The summed E-state index contributed by atoms with van der Waals surface area (Å²) in [5.74, 6) is -1.17. The van der Waals surface area contributed by atoms with Crippen molar-refractivity contribution in [2.75, 3.05) is 54.9 Å². The van der Waals surface area contributed by atoms with Gasteiger partial charge in [0.1, 0.15) is 5.82 Å². The lowest BCUT2D eigenvalue weighted by Gasteiger charge is -2.29. The summed E-state index contributed by atoms with van der Waals surface area (Å²) in [7, 11) is 0. The summed E-state index contributed by atoms with van der Waals surface area (Å²) in [6.07, 6.45) is 3.64. The molecule has 1 aliphatic carbocycles. The molecule has 2 aromatic heterocycles. The average Bonchev–Trinajstić information content (AvgIpc) is 3.02. The van der Waals surface area contributed by atoms with E-state index in [-0.39, 0.29) is 18.9 Å². The predicted molar refractivity (Wildman–Crippen MR) is 99.3 cm³/mol. The Morgan fingerprint density at radius 3 is 2.39 bits per heavy atom. The molecule has 2 saturated heterocycles. The maximum absolute atomic E-state index is 13.8. The van der Waals surface area contributed by atoms with Crippen LogP contribution < -0.4 is 15.5 Å². The number of hydrogen-bond donors (Lipinski definition) is 1. The van der Waals surface area contributed by atoms with Crippen molar-refractivity contribution in [3.05, 3.63) is 18.5 Å². The smallest absolute Gasteiger partial charge is 0.256 e. The minimum absolute atomic E-state index is 0.0433. The molecule has 2 aromatic rings. The van der Waals surface area contributed by atoms with Gasteiger partial charge in [0.15, 0.2) is 0 Å². The lowest BCUT2D eigenvalue weighted by molar-refractivity contribution is 0.0711. The van der Waals surface area contributed by atoms with Gasteiger partial charge < -0.3 is 20.3 Å². The van der Waals surface area contributed by atoms with E-state index >= 15 is 0 Å². The number of nitrogen functional groups attached to an aromatic ring is 1. The Labute approximate surface area is 160 Å². The number of rotatable bonds is 3. The zero-order valence-corrected chi connectivity index (χ0v) is 15.3. The van der Waals surface area contributed by atoms with Crippen LogP contribution in [0.25, 0.3) is 11.3 Å². The lowest BCUT2D eigenvalue weighted by atomic mass is 10.1. The van der Waals surface area contributed by atoms with E-state index in [0.29, 0.717) is 43.4 Å². The molecular formula is C18H21F2N7O. The molecule has 10 heteroatoms. The van der Waals surface area contributed by atoms with Crippen LogP contribution in [0.2, 0.25) is 0 Å². The van der Waals surface area contributed by atoms with Crippen molar-refractivity contribution in [3.8, 4) is 11.3 Å². The average molecular weight is 389 g/mol. The van der Waals surface area contributed by atoms with Crippen molar-refractivity contribution in [2.24, 2.45) is 5.41 Å². The van der Waals surface area contributed by atoms with E-state index in [4.69, 9.17) is 15.5 Å². The third-order valence-corrected chi connectivity index (χ3v) is 5.85. The summed E-state index contributed by atoms with van der Waals surface area (Å²) in [4.78, 5) is 21.4. The number of aromatic nitrogens is 4. The van der Waals surface area contributed by atoms with E-state index in [1.54, 1.807) is 12.4 Å². The summed E-state index contributed by atoms with van der Waals surface area (Å²) >= 11 is 0.